The van der Waals surface area contributed by atoms with Gasteiger partial charge in [0, 0.05) is 32.9 Å². The Morgan fingerprint density at radius 1 is 0.885 bits per heavy atom. The summed E-state index contributed by atoms with van der Waals surface area (Å²) < 4.78 is 11.9. The van der Waals surface area contributed by atoms with Crippen molar-refractivity contribution in [2.45, 2.75) is 6.92 Å². The topological polar surface area (TPSA) is 98.0 Å². The Morgan fingerprint density at radius 3 is 1.46 bits per heavy atom. The second kappa shape index (κ2) is 14.8. The molecule has 5 N–H and O–H groups in total. The molecule has 0 aliphatic heterocycles. The molecule has 0 bridgehead atoms. The third kappa shape index (κ3) is 8.44. The molecule has 3 aromatic rings. The van der Waals surface area contributed by atoms with Crippen LogP contribution in [-0.2, 0) is 0 Å². The van der Waals surface area contributed by atoms with Crippen LogP contribution in [0.5, 0.6) is 0 Å². The van der Waals surface area contributed by atoms with Crippen molar-refractivity contribution < 1.29 is 36.1 Å². The van der Waals surface area contributed by atoms with Crippen molar-refractivity contribution in [2.75, 3.05) is 18.1 Å². The smallest absolute Gasteiger partial charge is 1.00 e. The number of aliphatic hydroxyl groups excluding tert-OH is 1. The van der Waals surface area contributed by atoms with Crippen molar-refractivity contribution in [2.24, 2.45) is 0 Å². The predicted molar refractivity (Wildman–Crippen MR) is 123 cm³/mol. The van der Waals surface area contributed by atoms with Crippen molar-refractivity contribution in [3.8, 4) is 0 Å². The molecule has 0 aliphatic rings. The minimum Gasteiger partial charge on any atom is -1.00 e. The number of hydrogen-bond acceptors (Lipinski definition) is 6. The van der Waals surface area contributed by atoms with Gasteiger partial charge in [-0.05, 0) is 94.9 Å². The Hall–Kier alpha value is 0.805. The molecule has 26 heavy (non-hydrogen) atoms. The number of nitrogen functional groups attached to an aromatic ring is 2. The van der Waals surface area contributed by atoms with Gasteiger partial charge in [-0.3, -0.25) is 0 Å². The summed E-state index contributed by atoms with van der Waals surface area (Å²) >= 11 is 14.5. The van der Waals surface area contributed by atoms with Crippen LogP contribution in [0.1, 0.15) is 8.35 Å². The second-order valence-electron chi connectivity index (χ2n) is 4.16. The average molecular weight is 641 g/mol. The van der Waals surface area contributed by atoms with Gasteiger partial charge in [0.15, 0.2) is 0 Å². The first-order valence-electron chi connectivity index (χ1n) is 6.49. The van der Waals surface area contributed by atoms with E-state index in [1.165, 1.54) is 11.7 Å². The Labute approximate surface area is 215 Å². The third-order valence-corrected chi connectivity index (χ3v) is 5.69. The number of aliphatic hydroxyl groups is 1. The second-order valence-corrected chi connectivity index (χ2v) is 8.11. The van der Waals surface area contributed by atoms with Gasteiger partial charge in [-0.1, -0.05) is 0 Å². The molecule has 0 saturated carbocycles. The van der Waals surface area contributed by atoms with Crippen LogP contribution in [0.15, 0.2) is 42.2 Å². The molecule has 0 saturated heterocycles. The number of hydrogen-bond donors (Lipinski definition) is 3. The van der Waals surface area contributed by atoms with Crippen molar-refractivity contribution in [3.05, 3.63) is 42.2 Å². The molecule has 135 valence electrons. The van der Waals surface area contributed by atoms with Crippen LogP contribution in [-0.4, -0.2) is 28.9 Å². The first kappa shape index (κ1) is 29.0. The Bertz CT molecular complexity index is 768. The molecule has 0 unspecified atom stereocenters. The van der Waals surface area contributed by atoms with Crippen LogP contribution < -0.4 is 41.0 Å². The van der Waals surface area contributed by atoms with E-state index in [1.54, 1.807) is 6.92 Å². The SMILES string of the molecule is Brc1ccc(Br)c2nsnc12.CCO.Nc1c(Br)ccc(Br)c1N.[B].[H-].[Na+]. The molecule has 3 rings (SSSR count). The van der Waals surface area contributed by atoms with Crippen LogP contribution in [0, 0.1) is 0 Å². The summed E-state index contributed by atoms with van der Waals surface area (Å²) in [5.74, 6) is 0. The molecule has 0 fully saturated rings. The summed E-state index contributed by atoms with van der Waals surface area (Å²) in [6.07, 6.45) is 0. The molecular weight excluding hydrogens is 626 g/mol. The van der Waals surface area contributed by atoms with E-state index in [4.69, 9.17) is 16.6 Å². The summed E-state index contributed by atoms with van der Waals surface area (Å²) in [6.45, 7) is 1.93. The minimum absolute atomic E-state index is 0. The molecule has 1 heterocycles. The zero-order valence-corrected chi connectivity index (χ0v) is 23.2. The van der Waals surface area contributed by atoms with E-state index in [2.05, 4.69) is 72.5 Å². The minimum atomic E-state index is 0. The van der Waals surface area contributed by atoms with Crippen LogP contribution in [0.4, 0.5) is 11.4 Å². The first-order valence-corrected chi connectivity index (χ1v) is 10.4. The number of anilines is 2. The van der Waals surface area contributed by atoms with E-state index in [9.17, 15) is 0 Å². The number of halogens is 4. The zero-order chi connectivity index (χ0) is 18.3. The van der Waals surface area contributed by atoms with E-state index >= 15 is 0 Å². The molecule has 0 atom stereocenters. The van der Waals surface area contributed by atoms with E-state index < -0.39 is 0 Å². The van der Waals surface area contributed by atoms with Gasteiger partial charge in [-0.15, -0.1) is 0 Å². The van der Waals surface area contributed by atoms with Gasteiger partial charge in [0.25, 0.3) is 0 Å². The van der Waals surface area contributed by atoms with Gasteiger partial charge in [0.1, 0.15) is 11.0 Å². The van der Waals surface area contributed by atoms with Gasteiger partial charge in [0.05, 0.1) is 23.1 Å². The molecule has 3 radical (unpaired) electrons. The van der Waals surface area contributed by atoms with E-state index in [0.717, 1.165) is 28.9 Å². The zero-order valence-electron chi connectivity index (χ0n) is 15.0. The Morgan fingerprint density at radius 2 is 1.15 bits per heavy atom. The van der Waals surface area contributed by atoms with Crippen LogP contribution in [0.25, 0.3) is 11.0 Å². The van der Waals surface area contributed by atoms with E-state index in [0.29, 0.717) is 11.4 Å². The molecule has 1 aromatic heterocycles. The number of nitrogens with two attached hydrogens (primary N) is 2. The molecule has 0 amide bonds. The van der Waals surface area contributed by atoms with Crippen molar-refractivity contribution in [3.63, 3.8) is 0 Å². The Balaban J connectivity index is -0.000000341. The number of rotatable bonds is 0. The summed E-state index contributed by atoms with van der Waals surface area (Å²) in [6, 6.07) is 7.59. The van der Waals surface area contributed by atoms with Crippen molar-refractivity contribution in [1.29, 1.82) is 0 Å². The standard InChI is InChI=1S/C6H2Br2N2S.C6H6Br2N2.C2H6O.B.Na.H/c7-3-1-2-4(8)6-5(3)9-11-10-6;7-3-1-2-4(8)6(10)5(3)9;1-2-3;;;/h1-2H;1-2H,9-10H2;3H,2H2,1H3;;;/q;;;;+1;-1. The summed E-state index contributed by atoms with van der Waals surface area (Å²) in [7, 11) is 0. The molecule has 5 nitrogen and oxygen atoms in total. The van der Waals surface area contributed by atoms with Gasteiger partial charge in [-0.2, -0.15) is 8.75 Å². The number of benzene rings is 2. The maximum absolute atomic E-state index is 7.57. The van der Waals surface area contributed by atoms with Gasteiger partial charge in [-0.25, -0.2) is 0 Å². The summed E-state index contributed by atoms with van der Waals surface area (Å²) in [5, 5.41) is 7.57. The maximum Gasteiger partial charge on any atom is 1.00 e. The maximum atomic E-state index is 7.57. The van der Waals surface area contributed by atoms with Gasteiger partial charge >= 0.3 is 29.6 Å². The average Bonchev–Trinajstić information content (AvgIpc) is 3.05. The van der Waals surface area contributed by atoms with Crippen LogP contribution in [0.3, 0.4) is 0 Å². The summed E-state index contributed by atoms with van der Waals surface area (Å²) in [5.41, 5.74) is 14.2. The van der Waals surface area contributed by atoms with E-state index in [1.807, 2.05) is 24.3 Å². The fraction of sp³-hybridized carbons (Fsp3) is 0.143. The molecule has 0 spiro atoms. The summed E-state index contributed by atoms with van der Waals surface area (Å²) in [4.78, 5) is 0. The third-order valence-electron chi connectivity index (χ3n) is 2.50. The molecular formula is C14H15BBr4N4NaOS. The fourth-order valence-electron chi connectivity index (χ4n) is 1.39. The van der Waals surface area contributed by atoms with Gasteiger partial charge < -0.3 is 18.0 Å². The quantitative estimate of drug-likeness (QED) is 0.259. The Kier molecular flexibility index (Phi) is 16.5. The van der Waals surface area contributed by atoms with Crippen LogP contribution in [0.2, 0.25) is 0 Å². The van der Waals surface area contributed by atoms with E-state index in [-0.39, 0.29) is 46.0 Å². The van der Waals surface area contributed by atoms with Crippen molar-refractivity contribution in [1.82, 2.24) is 8.75 Å². The number of aromatic nitrogens is 2. The number of nitrogens with zero attached hydrogens (tertiary/aromatic N) is 2. The van der Waals surface area contributed by atoms with Crippen LogP contribution >= 0.6 is 75.4 Å². The fourth-order valence-corrected chi connectivity index (χ4v) is 3.71. The van der Waals surface area contributed by atoms with Crippen molar-refractivity contribution >= 4 is 106 Å². The number of fused-ring (bicyclic) bond motifs is 1. The monoisotopic (exact) mass is 637 g/mol. The molecule has 12 heteroatoms. The molecule has 0 aliphatic carbocycles. The molecule has 2 aromatic carbocycles. The van der Waals surface area contributed by atoms with Gasteiger partial charge in [0.2, 0.25) is 0 Å². The predicted octanol–water partition coefficient (Wildman–Crippen LogP) is 2.33. The normalized spacial score (nSPS) is 9.00. The largest absolute Gasteiger partial charge is 1.00 e. The first-order chi connectivity index (χ1) is 11.3.